The van der Waals surface area contributed by atoms with Gasteiger partial charge >= 0.3 is 6.03 Å². The molecule has 0 aliphatic rings. The molecule has 1 rings (SSSR count). The maximum absolute atomic E-state index is 11.5. The summed E-state index contributed by atoms with van der Waals surface area (Å²) in [5.41, 5.74) is 2.00. The van der Waals surface area contributed by atoms with Crippen LogP contribution in [-0.4, -0.2) is 19.2 Å². The second-order valence-corrected chi connectivity index (χ2v) is 4.91. The van der Waals surface area contributed by atoms with Crippen LogP contribution in [0.4, 0.5) is 4.79 Å². The zero-order valence-corrected chi connectivity index (χ0v) is 12.5. The topological polar surface area (TPSA) is 50.4 Å². The quantitative estimate of drug-likeness (QED) is 0.804. The summed E-state index contributed by atoms with van der Waals surface area (Å²) in [7, 11) is 0. The zero-order chi connectivity index (χ0) is 14.8. The molecule has 4 nitrogen and oxygen atoms in total. The predicted molar refractivity (Wildman–Crippen MR) is 81.2 cm³/mol. The SMILES string of the molecule is C/C=C(\C)NC(=O)NCC(C)COCc1ccccc1. The van der Waals surface area contributed by atoms with Crippen molar-refractivity contribution in [3.8, 4) is 0 Å². The van der Waals surface area contributed by atoms with Gasteiger partial charge in [0.05, 0.1) is 13.2 Å². The van der Waals surface area contributed by atoms with Crippen molar-refractivity contribution >= 4 is 6.03 Å². The van der Waals surface area contributed by atoms with Crippen LogP contribution in [0.3, 0.4) is 0 Å². The lowest BCUT2D eigenvalue weighted by Crippen LogP contribution is -2.37. The first kappa shape index (κ1) is 16.2. The molecule has 1 atom stereocenters. The smallest absolute Gasteiger partial charge is 0.318 e. The third kappa shape index (κ3) is 6.95. The van der Waals surface area contributed by atoms with E-state index in [-0.39, 0.29) is 11.9 Å². The van der Waals surface area contributed by atoms with Crippen LogP contribution in [-0.2, 0) is 11.3 Å². The van der Waals surface area contributed by atoms with E-state index < -0.39 is 0 Å². The summed E-state index contributed by atoms with van der Waals surface area (Å²) in [5, 5.41) is 5.56. The first-order valence-corrected chi connectivity index (χ1v) is 6.91. The van der Waals surface area contributed by atoms with Gasteiger partial charge in [0.25, 0.3) is 0 Å². The number of ether oxygens (including phenoxy) is 1. The third-order valence-corrected chi connectivity index (χ3v) is 2.87. The molecule has 1 unspecified atom stereocenters. The van der Waals surface area contributed by atoms with Crippen LogP contribution in [0.15, 0.2) is 42.1 Å². The van der Waals surface area contributed by atoms with Crippen LogP contribution < -0.4 is 10.6 Å². The largest absolute Gasteiger partial charge is 0.376 e. The summed E-state index contributed by atoms with van der Waals surface area (Å²) in [5.74, 6) is 0.273. The van der Waals surface area contributed by atoms with Crippen molar-refractivity contribution in [2.75, 3.05) is 13.2 Å². The molecule has 0 bridgehead atoms. The molecule has 0 aliphatic carbocycles. The molecule has 110 valence electrons. The summed E-state index contributed by atoms with van der Waals surface area (Å²) in [6, 6.07) is 9.89. The fraction of sp³-hybridized carbons (Fsp3) is 0.438. The van der Waals surface area contributed by atoms with E-state index in [1.807, 2.05) is 57.2 Å². The Bertz CT molecular complexity index is 429. The minimum Gasteiger partial charge on any atom is -0.376 e. The summed E-state index contributed by atoms with van der Waals surface area (Å²) in [6.45, 7) is 7.61. The summed E-state index contributed by atoms with van der Waals surface area (Å²) < 4.78 is 5.63. The van der Waals surface area contributed by atoms with Crippen molar-refractivity contribution in [3.05, 3.63) is 47.7 Å². The molecule has 0 aromatic heterocycles. The number of benzene rings is 1. The predicted octanol–water partition coefficient (Wildman–Crippen LogP) is 3.06. The molecule has 0 spiro atoms. The minimum atomic E-state index is -0.171. The summed E-state index contributed by atoms with van der Waals surface area (Å²) in [4.78, 5) is 11.5. The van der Waals surface area contributed by atoms with E-state index in [0.29, 0.717) is 19.8 Å². The highest BCUT2D eigenvalue weighted by atomic mass is 16.5. The van der Waals surface area contributed by atoms with E-state index in [9.17, 15) is 4.79 Å². The number of hydrogen-bond donors (Lipinski definition) is 2. The zero-order valence-electron chi connectivity index (χ0n) is 12.5. The minimum absolute atomic E-state index is 0.171. The molecule has 0 saturated heterocycles. The molecule has 0 fully saturated rings. The Morgan fingerprint density at radius 2 is 2.05 bits per heavy atom. The van der Waals surface area contributed by atoms with Gasteiger partial charge in [-0.1, -0.05) is 43.3 Å². The molecular weight excluding hydrogens is 252 g/mol. The Morgan fingerprint density at radius 1 is 1.35 bits per heavy atom. The molecular formula is C16H24N2O2. The lowest BCUT2D eigenvalue weighted by Gasteiger charge is -2.14. The fourth-order valence-electron chi connectivity index (χ4n) is 1.57. The Morgan fingerprint density at radius 3 is 2.70 bits per heavy atom. The van der Waals surface area contributed by atoms with Crippen LogP contribution >= 0.6 is 0 Å². The first-order valence-electron chi connectivity index (χ1n) is 6.91. The van der Waals surface area contributed by atoms with Crippen molar-refractivity contribution in [3.63, 3.8) is 0 Å². The van der Waals surface area contributed by atoms with E-state index in [1.54, 1.807) is 0 Å². The highest BCUT2D eigenvalue weighted by molar-refractivity contribution is 5.75. The van der Waals surface area contributed by atoms with Crippen molar-refractivity contribution in [1.29, 1.82) is 0 Å². The molecule has 2 amide bonds. The maximum Gasteiger partial charge on any atom is 0.318 e. The Hall–Kier alpha value is -1.81. The molecule has 4 heteroatoms. The standard InChI is InChI=1S/C16H24N2O2/c1-4-14(3)18-16(19)17-10-13(2)11-20-12-15-8-6-5-7-9-15/h4-9,13H,10-12H2,1-3H3,(H2,17,18,19)/b14-4+. The van der Waals surface area contributed by atoms with Gasteiger partial charge in [0.15, 0.2) is 0 Å². The number of urea groups is 1. The lowest BCUT2D eigenvalue weighted by atomic mass is 10.2. The van der Waals surface area contributed by atoms with E-state index >= 15 is 0 Å². The number of amides is 2. The molecule has 1 aromatic carbocycles. The monoisotopic (exact) mass is 276 g/mol. The van der Waals surface area contributed by atoms with E-state index in [0.717, 1.165) is 11.3 Å². The molecule has 0 heterocycles. The number of rotatable bonds is 7. The number of hydrogen-bond acceptors (Lipinski definition) is 2. The Labute approximate surface area is 121 Å². The average Bonchev–Trinajstić information content (AvgIpc) is 2.46. The lowest BCUT2D eigenvalue weighted by molar-refractivity contribution is 0.0924. The van der Waals surface area contributed by atoms with Crippen LogP contribution in [0.1, 0.15) is 26.3 Å². The molecule has 1 aromatic rings. The van der Waals surface area contributed by atoms with Gasteiger partial charge in [-0.15, -0.1) is 0 Å². The highest BCUT2D eigenvalue weighted by Gasteiger charge is 2.05. The second kappa shape index (κ2) is 9.15. The molecule has 0 saturated carbocycles. The Balaban J connectivity index is 2.14. The van der Waals surface area contributed by atoms with Crippen LogP contribution in [0.2, 0.25) is 0 Å². The average molecular weight is 276 g/mol. The van der Waals surface area contributed by atoms with Gasteiger partial charge in [-0.2, -0.15) is 0 Å². The van der Waals surface area contributed by atoms with Crippen molar-refractivity contribution in [2.24, 2.45) is 5.92 Å². The van der Waals surface area contributed by atoms with Crippen molar-refractivity contribution in [2.45, 2.75) is 27.4 Å². The molecule has 0 radical (unpaired) electrons. The van der Waals surface area contributed by atoms with Crippen LogP contribution in [0, 0.1) is 5.92 Å². The number of allylic oxidation sites excluding steroid dienone is 2. The second-order valence-electron chi connectivity index (χ2n) is 4.91. The number of carbonyl (C=O) groups is 1. The number of nitrogens with one attached hydrogen (secondary N) is 2. The van der Waals surface area contributed by atoms with Gasteiger partial charge in [0.1, 0.15) is 0 Å². The highest BCUT2D eigenvalue weighted by Crippen LogP contribution is 2.02. The van der Waals surface area contributed by atoms with E-state index in [4.69, 9.17) is 4.74 Å². The van der Waals surface area contributed by atoms with Crippen molar-refractivity contribution in [1.82, 2.24) is 10.6 Å². The number of carbonyl (C=O) groups excluding carboxylic acids is 1. The third-order valence-electron chi connectivity index (χ3n) is 2.87. The molecule has 0 aliphatic heterocycles. The van der Waals surface area contributed by atoms with Crippen LogP contribution in [0.25, 0.3) is 0 Å². The first-order chi connectivity index (χ1) is 9.61. The summed E-state index contributed by atoms with van der Waals surface area (Å²) in [6.07, 6.45) is 1.85. The molecule has 20 heavy (non-hydrogen) atoms. The van der Waals surface area contributed by atoms with Gasteiger partial charge < -0.3 is 15.4 Å². The fourth-order valence-corrected chi connectivity index (χ4v) is 1.57. The van der Waals surface area contributed by atoms with E-state index in [2.05, 4.69) is 10.6 Å². The van der Waals surface area contributed by atoms with Gasteiger partial charge in [-0.25, -0.2) is 4.79 Å². The normalized spacial score (nSPS) is 12.8. The van der Waals surface area contributed by atoms with Crippen LogP contribution in [0.5, 0.6) is 0 Å². The van der Waals surface area contributed by atoms with Gasteiger partial charge in [-0.3, -0.25) is 0 Å². The van der Waals surface area contributed by atoms with Crippen molar-refractivity contribution < 1.29 is 9.53 Å². The Kier molecular flexibility index (Phi) is 7.43. The van der Waals surface area contributed by atoms with Gasteiger partial charge in [0.2, 0.25) is 0 Å². The van der Waals surface area contributed by atoms with Gasteiger partial charge in [0, 0.05) is 12.2 Å². The van der Waals surface area contributed by atoms with Gasteiger partial charge in [-0.05, 0) is 25.3 Å². The molecule has 2 N–H and O–H groups in total. The van der Waals surface area contributed by atoms with E-state index in [1.165, 1.54) is 0 Å². The summed E-state index contributed by atoms with van der Waals surface area (Å²) >= 11 is 0. The maximum atomic E-state index is 11.5.